The SMILES string of the molecule is CC(C)CC1NC(=O)C(C)N(Cc2ccno2)C1=O. The van der Waals surface area contributed by atoms with Crippen molar-refractivity contribution in [2.24, 2.45) is 5.92 Å². The van der Waals surface area contributed by atoms with Crippen molar-refractivity contribution in [3.8, 4) is 0 Å². The van der Waals surface area contributed by atoms with Crippen LogP contribution in [0.2, 0.25) is 0 Å². The van der Waals surface area contributed by atoms with E-state index in [0.29, 0.717) is 18.1 Å². The zero-order valence-electron chi connectivity index (χ0n) is 11.4. The van der Waals surface area contributed by atoms with Gasteiger partial charge in [-0.15, -0.1) is 0 Å². The lowest BCUT2D eigenvalue weighted by Crippen LogP contribution is -2.62. The third kappa shape index (κ3) is 2.94. The first kappa shape index (κ1) is 13.6. The fraction of sp³-hybridized carbons (Fsp3) is 0.615. The van der Waals surface area contributed by atoms with E-state index in [1.807, 2.05) is 13.8 Å². The number of piperazine rings is 1. The molecule has 2 amide bonds. The molecule has 0 spiro atoms. The van der Waals surface area contributed by atoms with Gasteiger partial charge in [0.25, 0.3) is 0 Å². The van der Waals surface area contributed by atoms with Crippen molar-refractivity contribution in [1.82, 2.24) is 15.4 Å². The summed E-state index contributed by atoms with van der Waals surface area (Å²) in [5.41, 5.74) is 0. The third-order valence-electron chi connectivity index (χ3n) is 3.27. The molecule has 2 rings (SSSR count). The first-order valence-electron chi connectivity index (χ1n) is 6.49. The van der Waals surface area contributed by atoms with Crippen LogP contribution in [0.3, 0.4) is 0 Å². The highest BCUT2D eigenvalue weighted by atomic mass is 16.5. The van der Waals surface area contributed by atoms with Crippen molar-refractivity contribution in [2.75, 3.05) is 0 Å². The van der Waals surface area contributed by atoms with Crippen molar-refractivity contribution in [1.29, 1.82) is 0 Å². The maximum atomic E-state index is 12.4. The van der Waals surface area contributed by atoms with Crippen LogP contribution in [-0.2, 0) is 16.1 Å². The van der Waals surface area contributed by atoms with Gasteiger partial charge in [0, 0.05) is 6.07 Å². The highest BCUT2D eigenvalue weighted by molar-refractivity contribution is 5.96. The lowest BCUT2D eigenvalue weighted by molar-refractivity contribution is -0.150. The lowest BCUT2D eigenvalue weighted by Gasteiger charge is -2.37. The number of amides is 2. The Morgan fingerprint density at radius 2 is 2.21 bits per heavy atom. The topological polar surface area (TPSA) is 75.4 Å². The molecule has 1 aliphatic rings. The predicted octanol–water partition coefficient (Wildman–Crippen LogP) is 0.936. The first-order chi connectivity index (χ1) is 8.99. The minimum atomic E-state index is -0.485. The molecule has 1 aliphatic heterocycles. The predicted molar refractivity (Wildman–Crippen MR) is 67.9 cm³/mol. The van der Waals surface area contributed by atoms with E-state index < -0.39 is 12.1 Å². The fourth-order valence-electron chi connectivity index (χ4n) is 2.22. The Balaban J connectivity index is 2.14. The molecular weight excluding hydrogens is 246 g/mol. The summed E-state index contributed by atoms with van der Waals surface area (Å²) in [6.45, 7) is 6.05. The summed E-state index contributed by atoms with van der Waals surface area (Å²) in [5, 5.41) is 6.39. The van der Waals surface area contributed by atoms with Crippen molar-refractivity contribution < 1.29 is 14.1 Å². The number of hydrogen-bond acceptors (Lipinski definition) is 4. The second-order valence-corrected chi connectivity index (χ2v) is 5.31. The van der Waals surface area contributed by atoms with E-state index in [1.165, 1.54) is 6.20 Å². The summed E-state index contributed by atoms with van der Waals surface area (Å²) in [7, 11) is 0. The molecule has 1 N–H and O–H groups in total. The number of aromatic nitrogens is 1. The highest BCUT2D eigenvalue weighted by Gasteiger charge is 2.38. The molecule has 1 aromatic rings. The molecule has 0 aromatic carbocycles. The number of nitrogens with one attached hydrogen (secondary N) is 1. The van der Waals surface area contributed by atoms with Crippen LogP contribution in [0.15, 0.2) is 16.8 Å². The van der Waals surface area contributed by atoms with Crippen LogP contribution in [0.4, 0.5) is 0 Å². The first-order valence-corrected chi connectivity index (χ1v) is 6.49. The monoisotopic (exact) mass is 265 g/mol. The molecule has 2 unspecified atom stereocenters. The maximum Gasteiger partial charge on any atom is 0.246 e. The summed E-state index contributed by atoms with van der Waals surface area (Å²) >= 11 is 0. The van der Waals surface area contributed by atoms with Crippen LogP contribution in [0.25, 0.3) is 0 Å². The minimum absolute atomic E-state index is 0.0581. The van der Waals surface area contributed by atoms with Crippen LogP contribution in [0.1, 0.15) is 33.0 Å². The van der Waals surface area contributed by atoms with Gasteiger partial charge in [-0.25, -0.2) is 0 Å². The van der Waals surface area contributed by atoms with E-state index in [9.17, 15) is 9.59 Å². The summed E-state index contributed by atoms with van der Waals surface area (Å²) in [6.07, 6.45) is 2.17. The standard InChI is InChI=1S/C13H19N3O3/c1-8(2)6-11-13(18)16(9(3)12(17)15-11)7-10-4-5-14-19-10/h4-5,8-9,11H,6-7H2,1-3H3,(H,15,17). The van der Waals surface area contributed by atoms with Gasteiger partial charge in [-0.1, -0.05) is 19.0 Å². The molecule has 19 heavy (non-hydrogen) atoms. The Bertz CT molecular complexity index is 456. The van der Waals surface area contributed by atoms with Gasteiger partial charge in [-0.3, -0.25) is 9.59 Å². The number of hydrogen-bond donors (Lipinski definition) is 1. The third-order valence-corrected chi connectivity index (χ3v) is 3.27. The fourth-order valence-corrected chi connectivity index (χ4v) is 2.22. The molecular formula is C13H19N3O3. The Morgan fingerprint density at radius 1 is 1.47 bits per heavy atom. The van der Waals surface area contributed by atoms with Crippen molar-refractivity contribution in [2.45, 2.75) is 45.8 Å². The molecule has 1 fully saturated rings. The van der Waals surface area contributed by atoms with Crippen LogP contribution in [-0.4, -0.2) is 34.0 Å². The van der Waals surface area contributed by atoms with E-state index in [-0.39, 0.29) is 18.4 Å². The number of carbonyl (C=O) groups excluding carboxylic acids is 2. The van der Waals surface area contributed by atoms with Crippen molar-refractivity contribution >= 4 is 11.8 Å². The molecule has 2 atom stereocenters. The average Bonchev–Trinajstić information content (AvgIpc) is 2.84. The minimum Gasteiger partial charge on any atom is -0.360 e. The molecule has 0 radical (unpaired) electrons. The molecule has 104 valence electrons. The Hall–Kier alpha value is -1.85. The zero-order valence-corrected chi connectivity index (χ0v) is 11.4. The van der Waals surface area contributed by atoms with Crippen molar-refractivity contribution in [3.63, 3.8) is 0 Å². The van der Waals surface area contributed by atoms with E-state index in [4.69, 9.17) is 4.52 Å². The lowest BCUT2D eigenvalue weighted by atomic mass is 9.99. The maximum absolute atomic E-state index is 12.4. The molecule has 0 aliphatic carbocycles. The molecule has 2 heterocycles. The highest BCUT2D eigenvalue weighted by Crippen LogP contribution is 2.18. The molecule has 6 heteroatoms. The largest absolute Gasteiger partial charge is 0.360 e. The van der Waals surface area contributed by atoms with Gasteiger partial charge in [0.2, 0.25) is 11.8 Å². The van der Waals surface area contributed by atoms with E-state index in [0.717, 1.165) is 0 Å². The number of carbonyl (C=O) groups is 2. The Kier molecular flexibility index (Phi) is 3.87. The van der Waals surface area contributed by atoms with E-state index in [1.54, 1.807) is 17.9 Å². The summed E-state index contributed by atoms with van der Waals surface area (Å²) in [6, 6.07) is 0.775. The summed E-state index contributed by atoms with van der Waals surface area (Å²) in [5.74, 6) is 0.745. The molecule has 1 saturated heterocycles. The Labute approximate surface area is 112 Å². The summed E-state index contributed by atoms with van der Waals surface area (Å²) < 4.78 is 5.01. The van der Waals surface area contributed by atoms with Gasteiger partial charge in [0.1, 0.15) is 12.1 Å². The van der Waals surface area contributed by atoms with E-state index >= 15 is 0 Å². The quantitative estimate of drug-likeness (QED) is 0.879. The second-order valence-electron chi connectivity index (χ2n) is 5.31. The van der Waals surface area contributed by atoms with Crippen LogP contribution in [0.5, 0.6) is 0 Å². The normalized spacial score (nSPS) is 23.9. The van der Waals surface area contributed by atoms with Crippen LogP contribution in [0, 0.1) is 5.92 Å². The summed E-state index contributed by atoms with van der Waals surface area (Å²) in [4.78, 5) is 25.9. The Morgan fingerprint density at radius 3 is 2.79 bits per heavy atom. The molecule has 0 saturated carbocycles. The van der Waals surface area contributed by atoms with Gasteiger partial charge >= 0.3 is 0 Å². The zero-order chi connectivity index (χ0) is 14.0. The number of nitrogens with zero attached hydrogens (tertiary/aromatic N) is 2. The van der Waals surface area contributed by atoms with Crippen molar-refractivity contribution in [3.05, 3.63) is 18.0 Å². The molecule has 6 nitrogen and oxygen atoms in total. The van der Waals surface area contributed by atoms with Crippen LogP contribution >= 0.6 is 0 Å². The second kappa shape index (κ2) is 5.42. The average molecular weight is 265 g/mol. The van der Waals surface area contributed by atoms with Gasteiger partial charge in [0.15, 0.2) is 5.76 Å². The molecule has 0 bridgehead atoms. The van der Waals surface area contributed by atoms with Gasteiger partial charge in [0.05, 0.1) is 12.7 Å². The smallest absolute Gasteiger partial charge is 0.246 e. The van der Waals surface area contributed by atoms with Gasteiger partial charge < -0.3 is 14.7 Å². The van der Waals surface area contributed by atoms with Crippen LogP contribution < -0.4 is 5.32 Å². The van der Waals surface area contributed by atoms with E-state index in [2.05, 4.69) is 10.5 Å². The van der Waals surface area contributed by atoms with Gasteiger partial charge in [-0.05, 0) is 19.3 Å². The molecule has 1 aromatic heterocycles. The number of rotatable bonds is 4. The van der Waals surface area contributed by atoms with Gasteiger partial charge in [-0.2, -0.15) is 0 Å².